The second-order valence-corrected chi connectivity index (χ2v) is 8.82. The molecule has 180 valence electrons. The summed E-state index contributed by atoms with van der Waals surface area (Å²) in [5, 5.41) is 2.64. The lowest BCUT2D eigenvalue weighted by atomic mass is 10.2. The zero-order valence-corrected chi connectivity index (χ0v) is 21.3. The number of rotatable bonds is 7. The largest absolute Gasteiger partial charge is 0.463 e. The maximum atomic E-state index is 13.0. The van der Waals surface area contributed by atoms with E-state index >= 15 is 0 Å². The van der Waals surface area contributed by atoms with Gasteiger partial charge < -0.3 is 19.5 Å². The molecule has 1 N–H and O–H groups in total. The Labute approximate surface area is 211 Å². The fourth-order valence-corrected chi connectivity index (χ4v) is 4.23. The molecule has 0 saturated carbocycles. The highest BCUT2D eigenvalue weighted by atomic mass is 79.9. The van der Waals surface area contributed by atoms with Gasteiger partial charge in [-0.3, -0.25) is 19.0 Å². The second kappa shape index (κ2) is 11.5. The minimum absolute atomic E-state index is 0.0414. The number of carbonyl (C=O) groups is 3. The van der Waals surface area contributed by atoms with E-state index in [4.69, 9.17) is 14.2 Å². The lowest BCUT2D eigenvalue weighted by Crippen LogP contribution is -2.37. The van der Waals surface area contributed by atoms with Crippen LogP contribution in [0.5, 0.6) is 0 Å². The summed E-state index contributed by atoms with van der Waals surface area (Å²) in [5.41, 5.74) is 0.0392. The molecule has 10 nitrogen and oxygen atoms in total. The fourth-order valence-electron chi connectivity index (χ4n) is 3.30. The summed E-state index contributed by atoms with van der Waals surface area (Å²) in [6.45, 7) is 2.38. The number of anilines is 1. The summed E-state index contributed by atoms with van der Waals surface area (Å²) < 4.78 is 17.5. The zero-order valence-electron chi connectivity index (χ0n) is 18.1. The van der Waals surface area contributed by atoms with Gasteiger partial charge in [0.25, 0.3) is 5.91 Å². The van der Waals surface area contributed by atoms with Crippen LogP contribution in [0.4, 0.5) is 5.82 Å². The van der Waals surface area contributed by atoms with Crippen molar-refractivity contribution in [3.8, 4) is 0 Å². The lowest BCUT2D eigenvalue weighted by molar-refractivity contribution is -0.153. The Morgan fingerprint density at radius 2 is 1.91 bits per heavy atom. The van der Waals surface area contributed by atoms with Crippen LogP contribution in [-0.2, 0) is 23.8 Å². The van der Waals surface area contributed by atoms with Gasteiger partial charge in [-0.25, -0.2) is 4.79 Å². The number of benzene rings is 1. The van der Waals surface area contributed by atoms with Crippen LogP contribution in [0.3, 0.4) is 0 Å². The monoisotopic (exact) mass is 597 g/mol. The van der Waals surface area contributed by atoms with E-state index < -0.39 is 46.8 Å². The van der Waals surface area contributed by atoms with Gasteiger partial charge in [0.05, 0.1) is 4.83 Å². The van der Waals surface area contributed by atoms with Crippen molar-refractivity contribution in [3.63, 3.8) is 0 Å². The SMILES string of the molecule is CC(=O)OC[C@H]1O[C@@H](n2cc(/C=C/Br)c(NC(=O)c3ccccc3)nc2=O)[C@H](OC(C)=O)[C@H]1Br. The van der Waals surface area contributed by atoms with E-state index in [0.717, 1.165) is 4.57 Å². The van der Waals surface area contributed by atoms with E-state index in [2.05, 4.69) is 42.2 Å². The van der Waals surface area contributed by atoms with E-state index in [1.54, 1.807) is 36.4 Å². The number of hydrogen-bond acceptors (Lipinski definition) is 8. The highest BCUT2D eigenvalue weighted by molar-refractivity contribution is 9.11. The average molecular weight is 599 g/mol. The number of ether oxygens (including phenoxy) is 3. The van der Waals surface area contributed by atoms with Crippen molar-refractivity contribution in [2.45, 2.75) is 37.1 Å². The van der Waals surface area contributed by atoms with Crippen LogP contribution < -0.4 is 11.0 Å². The number of hydrogen-bond donors (Lipinski definition) is 1. The number of aromatic nitrogens is 2. The summed E-state index contributed by atoms with van der Waals surface area (Å²) in [7, 11) is 0. The Morgan fingerprint density at radius 3 is 2.53 bits per heavy atom. The van der Waals surface area contributed by atoms with Crippen molar-refractivity contribution in [3.05, 3.63) is 63.1 Å². The molecule has 4 atom stereocenters. The minimum atomic E-state index is -1.06. The molecule has 3 rings (SSSR count). The molecule has 1 saturated heterocycles. The third-order valence-electron chi connectivity index (χ3n) is 4.78. The van der Waals surface area contributed by atoms with Crippen molar-refractivity contribution in [1.82, 2.24) is 9.55 Å². The molecule has 1 amide bonds. The van der Waals surface area contributed by atoms with Crippen LogP contribution in [0.25, 0.3) is 6.08 Å². The average Bonchev–Trinajstić information content (AvgIpc) is 3.09. The quantitative estimate of drug-likeness (QED) is 0.381. The molecular formula is C22H21Br2N3O7. The van der Waals surface area contributed by atoms with Gasteiger partial charge >= 0.3 is 17.6 Å². The van der Waals surface area contributed by atoms with Gasteiger partial charge in [-0.15, -0.1) is 0 Å². The van der Waals surface area contributed by atoms with Gasteiger partial charge in [-0.2, -0.15) is 4.98 Å². The molecule has 1 aliphatic rings. The van der Waals surface area contributed by atoms with Crippen LogP contribution in [0.15, 0.2) is 46.3 Å². The van der Waals surface area contributed by atoms with Gasteiger partial charge in [0.15, 0.2) is 12.3 Å². The van der Waals surface area contributed by atoms with Crippen LogP contribution in [0.1, 0.15) is 36.0 Å². The number of halogens is 2. The summed E-state index contributed by atoms with van der Waals surface area (Å²) >= 11 is 6.62. The van der Waals surface area contributed by atoms with Gasteiger partial charge in [-0.05, 0) is 23.2 Å². The molecule has 34 heavy (non-hydrogen) atoms. The molecular weight excluding hydrogens is 578 g/mol. The first kappa shape index (κ1) is 25.8. The Balaban J connectivity index is 1.96. The highest BCUT2D eigenvalue weighted by Crippen LogP contribution is 2.36. The first-order valence-electron chi connectivity index (χ1n) is 10.1. The van der Waals surface area contributed by atoms with Crippen molar-refractivity contribution in [1.29, 1.82) is 0 Å². The van der Waals surface area contributed by atoms with Crippen LogP contribution >= 0.6 is 31.9 Å². The van der Waals surface area contributed by atoms with Gasteiger partial charge in [-0.1, -0.05) is 50.1 Å². The molecule has 0 unspecified atom stereocenters. The Morgan fingerprint density at radius 1 is 1.21 bits per heavy atom. The lowest BCUT2D eigenvalue weighted by Gasteiger charge is -2.22. The number of nitrogens with zero attached hydrogens (tertiary/aromatic N) is 2. The smallest absolute Gasteiger partial charge is 0.351 e. The number of amides is 1. The van der Waals surface area contributed by atoms with Crippen LogP contribution in [-0.4, -0.2) is 51.0 Å². The molecule has 0 aliphatic carbocycles. The van der Waals surface area contributed by atoms with E-state index in [0.29, 0.717) is 11.1 Å². The first-order chi connectivity index (χ1) is 16.2. The molecule has 12 heteroatoms. The summed E-state index contributed by atoms with van der Waals surface area (Å²) in [6, 6.07) is 8.48. The van der Waals surface area contributed by atoms with Gasteiger partial charge in [0, 0.05) is 31.2 Å². The van der Waals surface area contributed by atoms with E-state index in [1.165, 1.54) is 25.0 Å². The van der Waals surface area contributed by atoms with Crippen molar-refractivity contribution < 1.29 is 28.6 Å². The van der Waals surface area contributed by atoms with Crippen molar-refractivity contribution >= 4 is 61.6 Å². The molecule has 1 aliphatic heterocycles. The minimum Gasteiger partial charge on any atom is -0.463 e. The summed E-state index contributed by atoms with van der Waals surface area (Å²) in [5.74, 6) is -1.48. The third-order valence-corrected chi connectivity index (χ3v) is 6.16. The van der Waals surface area contributed by atoms with Crippen molar-refractivity contribution in [2.24, 2.45) is 0 Å². The predicted octanol–water partition coefficient (Wildman–Crippen LogP) is 3.02. The third kappa shape index (κ3) is 6.19. The number of carbonyl (C=O) groups excluding carboxylic acids is 3. The van der Waals surface area contributed by atoms with E-state index in [1.807, 2.05) is 0 Å². The number of alkyl halides is 1. The Bertz CT molecular complexity index is 1150. The standard InChI is InChI=1S/C22H21Br2N3O7/c1-12(28)32-11-16-17(24)18(33-13(2)29)21(34-16)27-10-15(8-9-23)19(26-22(27)31)25-20(30)14-6-4-3-5-7-14/h3-10,16-18,21H,11H2,1-2H3,(H,25,26,30,31)/b9-8+/t16-,17+,18-,21-/m1/s1. The highest BCUT2D eigenvalue weighted by Gasteiger charge is 2.47. The number of esters is 2. The van der Waals surface area contributed by atoms with Gasteiger partial charge in [0.1, 0.15) is 18.5 Å². The predicted molar refractivity (Wildman–Crippen MR) is 130 cm³/mol. The molecule has 0 spiro atoms. The van der Waals surface area contributed by atoms with Crippen LogP contribution in [0.2, 0.25) is 0 Å². The van der Waals surface area contributed by atoms with Crippen LogP contribution in [0, 0.1) is 0 Å². The second-order valence-electron chi connectivity index (χ2n) is 7.23. The topological polar surface area (TPSA) is 126 Å². The molecule has 2 aromatic rings. The maximum Gasteiger partial charge on any atom is 0.351 e. The number of nitrogens with one attached hydrogen (secondary N) is 1. The van der Waals surface area contributed by atoms with E-state index in [9.17, 15) is 19.2 Å². The molecule has 1 aromatic heterocycles. The maximum absolute atomic E-state index is 13.0. The fraction of sp³-hybridized carbons (Fsp3) is 0.318. The Kier molecular flexibility index (Phi) is 8.75. The molecule has 1 fully saturated rings. The Hall–Kier alpha value is -2.83. The molecule has 1 aromatic carbocycles. The summed E-state index contributed by atoms with van der Waals surface area (Å²) in [6.07, 6.45) is 0.348. The van der Waals surface area contributed by atoms with Gasteiger partial charge in [0.2, 0.25) is 0 Å². The molecule has 0 bridgehead atoms. The summed E-state index contributed by atoms with van der Waals surface area (Å²) in [4.78, 5) is 53.5. The molecule has 2 heterocycles. The van der Waals surface area contributed by atoms with E-state index in [-0.39, 0.29) is 12.4 Å². The molecule has 0 radical (unpaired) electrons. The first-order valence-corrected chi connectivity index (χ1v) is 11.9. The zero-order chi connectivity index (χ0) is 24.8. The normalized spacial score (nSPS) is 21.9. The van der Waals surface area contributed by atoms with Crippen molar-refractivity contribution in [2.75, 3.05) is 11.9 Å².